The van der Waals surface area contributed by atoms with Gasteiger partial charge in [-0.1, -0.05) is 18.2 Å². The van der Waals surface area contributed by atoms with Gasteiger partial charge >= 0.3 is 0 Å². The van der Waals surface area contributed by atoms with Gasteiger partial charge in [-0.2, -0.15) is 0 Å². The third-order valence-electron chi connectivity index (χ3n) is 3.71. The van der Waals surface area contributed by atoms with Gasteiger partial charge in [-0.05, 0) is 36.4 Å². The van der Waals surface area contributed by atoms with Crippen LogP contribution in [0.2, 0.25) is 0 Å². The van der Waals surface area contributed by atoms with Crippen LogP contribution in [0.15, 0.2) is 41.3 Å². The van der Waals surface area contributed by atoms with Gasteiger partial charge in [-0.25, -0.2) is 0 Å². The molecule has 0 atom stereocenters. The van der Waals surface area contributed by atoms with Crippen molar-refractivity contribution in [3.63, 3.8) is 0 Å². The SMILES string of the molecule is COCCOc1ccc2cccc([S+]3CCCC3)c2c1. The quantitative estimate of drug-likeness (QED) is 0.618. The van der Waals surface area contributed by atoms with Crippen molar-refractivity contribution < 1.29 is 9.47 Å². The minimum absolute atomic E-state index is 0.439. The van der Waals surface area contributed by atoms with Crippen LogP contribution in [0.4, 0.5) is 0 Å². The monoisotopic (exact) mass is 289 g/mol. The van der Waals surface area contributed by atoms with Crippen LogP contribution in [0.25, 0.3) is 10.8 Å². The molecule has 0 N–H and O–H groups in total. The summed E-state index contributed by atoms with van der Waals surface area (Å²) < 4.78 is 10.8. The smallest absolute Gasteiger partial charge is 0.162 e. The Hall–Kier alpha value is -1.19. The molecule has 0 radical (unpaired) electrons. The summed E-state index contributed by atoms with van der Waals surface area (Å²) in [7, 11) is 2.14. The number of ether oxygens (including phenoxy) is 2. The largest absolute Gasteiger partial charge is 0.491 e. The van der Waals surface area contributed by atoms with Gasteiger partial charge in [-0.3, -0.25) is 0 Å². The van der Waals surface area contributed by atoms with Crippen molar-refractivity contribution in [2.75, 3.05) is 31.8 Å². The fourth-order valence-electron chi connectivity index (χ4n) is 2.68. The average molecular weight is 289 g/mol. The lowest BCUT2D eigenvalue weighted by atomic mass is 10.1. The van der Waals surface area contributed by atoms with E-state index in [0.29, 0.717) is 24.1 Å². The fraction of sp³-hybridized carbons (Fsp3) is 0.412. The number of benzene rings is 2. The van der Waals surface area contributed by atoms with E-state index in [-0.39, 0.29) is 0 Å². The van der Waals surface area contributed by atoms with Crippen LogP contribution >= 0.6 is 0 Å². The molecule has 2 aromatic carbocycles. The second-order valence-corrected chi connectivity index (χ2v) is 7.33. The molecule has 106 valence electrons. The molecular formula is C17H21O2S+. The molecular weight excluding hydrogens is 268 g/mol. The molecule has 2 nitrogen and oxygen atoms in total. The van der Waals surface area contributed by atoms with E-state index in [2.05, 4.69) is 36.4 Å². The molecule has 2 aromatic rings. The highest BCUT2D eigenvalue weighted by atomic mass is 32.2. The van der Waals surface area contributed by atoms with E-state index in [1.165, 1.54) is 40.0 Å². The Kier molecular flexibility index (Phi) is 4.48. The third-order valence-corrected chi connectivity index (χ3v) is 6.25. The van der Waals surface area contributed by atoms with E-state index >= 15 is 0 Å². The van der Waals surface area contributed by atoms with Gasteiger partial charge in [0.2, 0.25) is 0 Å². The summed E-state index contributed by atoms with van der Waals surface area (Å²) in [4.78, 5) is 1.53. The van der Waals surface area contributed by atoms with Crippen LogP contribution in [-0.2, 0) is 15.6 Å². The minimum atomic E-state index is 0.439. The molecule has 0 unspecified atom stereocenters. The first-order valence-electron chi connectivity index (χ1n) is 7.20. The molecule has 1 fully saturated rings. The molecule has 3 heteroatoms. The molecule has 1 aliphatic heterocycles. The van der Waals surface area contributed by atoms with Crippen molar-refractivity contribution in [3.05, 3.63) is 36.4 Å². The van der Waals surface area contributed by atoms with E-state index in [1.807, 2.05) is 0 Å². The summed E-state index contributed by atoms with van der Waals surface area (Å²) in [5.74, 6) is 3.66. The molecule has 20 heavy (non-hydrogen) atoms. The van der Waals surface area contributed by atoms with Crippen molar-refractivity contribution in [1.82, 2.24) is 0 Å². The highest BCUT2D eigenvalue weighted by Gasteiger charge is 2.28. The molecule has 0 aliphatic carbocycles. The number of hydrogen-bond donors (Lipinski definition) is 0. The first-order chi connectivity index (χ1) is 9.88. The molecule has 0 aromatic heterocycles. The van der Waals surface area contributed by atoms with E-state index in [4.69, 9.17) is 9.47 Å². The van der Waals surface area contributed by atoms with Gasteiger partial charge in [0.1, 0.15) is 23.9 Å². The van der Waals surface area contributed by atoms with Gasteiger partial charge in [0, 0.05) is 23.4 Å². The van der Waals surface area contributed by atoms with Crippen molar-refractivity contribution in [3.8, 4) is 5.75 Å². The summed E-state index contributed by atoms with van der Waals surface area (Å²) >= 11 is 0. The Morgan fingerprint density at radius 1 is 1.05 bits per heavy atom. The number of hydrogen-bond acceptors (Lipinski definition) is 2. The number of methoxy groups -OCH3 is 1. The molecule has 1 saturated heterocycles. The summed E-state index contributed by atoms with van der Waals surface area (Å²) in [6.07, 6.45) is 2.76. The van der Waals surface area contributed by atoms with Gasteiger partial charge in [0.05, 0.1) is 6.61 Å². The highest BCUT2D eigenvalue weighted by Crippen LogP contribution is 2.31. The zero-order valence-corrected chi connectivity index (χ0v) is 12.7. The van der Waals surface area contributed by atoms with Gasteiger partial charge in [-0.15, -0.1) is 0 Å². The Bertz CT molecular complexity index is 576. The lowest BCUT2D eigenvalue weighted by Crippen LogP contribution is -2.06. The Balaban J connectivity index is 1.91. The molecule has 0 saturated carbocycles. The number of fused-ring (bicyclic) bond motifs is 1. The van der Waals surface area contributed by atoms with Crippen molar-refractivity contribution in [1.29, 1.82) is 0 Å². The standard InChI is InChI=1S/C17H21O2S/c1-18-9-10-19-15-8-7-14-5-4-6-17(16(14)13-15)20-11-2-3-12-20/h4-8,13H,2-3,9-12H2,1H3/q+1. The normalized spacial score (nSPS) is 15.8. The van der Waals surface area contributed by atoms with Gasteiger partial charge < -0.3 is 9.47 Å². The molecule has 1 heterocycles. The van der Waals surface area contributed by atoms with Crippen LogP contribution in [0.1, 0.15) is 12.8 Å². The van der Waals surface area contributed by atoms with Crippen LogP contribution in [-0.4, -0.2) is 31.8 Å². The summed E-state index contributed by atoms with van der Waals surface area (Å²) in [6, 6.07) is 13.1. The molecule has 1 aliphatic rings. The molecule has 0 amide bonds. The fourth-order valence-corrected chi connectivity index (χ4v) is 5.19. The van der Waals surface area contributed by atoms with E-state index < -0.39 is 0 Å². The van der Waals surface area contributed by atoms with Crippen LogP contribution in [0.3, 0.4) is 0 Å². The van der Waals surface area contributed by atoms with Crippen LogP contribution in [0.5, 0.6) is 5.75 Å². The first-order valence-corrected chi connectivity index (χ1v) is 8.77. The van der Waals surface area contributed by atoms with E-state index in [0.717, 1.165) is 5.75 Å². The van der Waals surface area contributed by atoms with Gasteiger partial charge in [0.25, 0.3) is 0 Å². The van der Waals surface area contributed by atoms with Crippen LogP contribution in [0, 0.1) is 0 Å². The average Bonchev–Trinajstić information content (AvgIpc) is 3.01. The highest BCUT2D eigenvalue weighted by molar-refractivity contribution is 7.97. The second kappa shape index (κ2) is 6.51. The molecule has 0 bridgehead atoms. The van der Waals surface area contributed by atoms with Crippen LogP contribution < -0.4 is 4.74 Å². The Labute approximate surface area is 123 Å². The zero-order valence-electron chi connectivity index (χ0n) is 11.9. The zero-order chi connectivity index (χ0) is 13.8. The Morgan fingerprint density at radius 2 is 1.90 bits per heavy atom. The van der Waals surface area contributed by atoms with Crippen molar-refractivity contribution in [2.24, 2.45) is 0 Å². The first kappa shape index (κ1) is 13.8. The maximum absolute atomic E-state index is 5.75. The predicted octanol–water partition coefficient (Wildman–Crippen LogP) is 3.64. The lowest BCUT2D eigenvalue weighted by molar-refractivity contribution is 0.146. The van der Waals surface area contributed by atoms with Crippen molar-refractivity contribution in [2.45, 2.75) is 17.7 Å². The maximum Gasteiger partial charge on any atom is 0.162 e. The number of rotatable bonds is 5. The van der Waals surface area contributed by atoms with Gasteiger partial charge in [0.15, 0.2) is 4.90 Å². The van der Waals surface area contributed by atoms with E-state index in [1.54, 1.807) is 7.11 Å². The van der Waals surface area contributed by atoms with E-state index in [9.17, 15) is 0 Å². The molecule has 3 rings (SSSR count). The maximum atomic E-state index is 5.75. The molecule has 0 spiro atoms. The van der Waals surface area contributed by atoms with Crippen molar-refractivity contribution >= 4 is 21.7 Å². The summed E-state index contributed by atoms with van der Waals surface area (Å²) in [6.45, 7) is 1.24. The summed E-state index contributed by atoms with van der Waals surface area (Å²) in [5, 5.41) is 2.69. The predicted molar refractivity (Wildman–Crippen MR) is 85.9 cm³/mol. The minimum Gasteiger partial charge on any atom is -0.491 e. The summed E-state index contributed by atoms with van der Waals surface area (Å²) in [5.41, 5.74) is 0. The second-order valence-electron chi connectivity index (χ2n) is 5.09. The third kappa shape index (κ3) is 2.94. The Morgan fingerprint density at radius 3 is 2.70 bits per heavy atom. The topological polar surface area (TPSA) is 18.5 Å². The lowest BCUT2D eigenvalue weighted by Gasteiger charge is -2.09.